The molecule has 0 amide bonds. The number of nitrogens with zero attached hydrogens (tertiary/aromatic N) is 1. The van der Waals surface area contributed by atoms with Gasteiger partial charge in [-0.3, -0.25) is 0 Å². The molecular formula is C12H14Cl2N2. The molecule has 0 unspecified atom stereocenters. The van der Waals surface area contributed by atoms with Gasteiger partial charge in [0.2, 0.25) is 0 Å². The summed E-state index contributed by atoms with van der Waals surface area (Å²) in [5.74, 6) is 0. The lowest BCUT2D eigenvalue weighted by molar-refractivity contribution is 0.697. The molecule has 0 aliphatic rings. The summed E-state index contributed by atoms with van der Waals surface area (Å²) < 4.78 is 0. The van der Waals surface area contributed by atoms with Gasteiger partial charge >= 0.3 is 0 Å². The molecule has 1 heterocycles. The second-order valence-electron chi connectivity index (χ2n) is 3.58. The van der Waals surface area contributed by atoms with Crippen LogP contribution in [0.25, 0.3) is 10.9 Å². The Morgan fingerprint density at radius 1 is 1.38 bits per heavy atom. The van der Waals surface area contributed by atoms with Gasteiger partial charge in [-0.05, 0) is 18.6 Å². The first-order valence-electron chi connectivity index (χ1n) is 5.03. The van der Waals surface area contributed by atoms with Crippen molar-refractivity contribution in [3.05, 3.63) is 41.0 Å². The van der Waals surface area contributed by atoms with Gasteiger partial charge < -0.3 is 5.73 Å². The molecular weight excluding hydrogens is 243 g/mol. The predicted octanol–water partition coefficient (Wildman–Crippen LogP) is 3.72. The zero-order valence-corrected chi connectivity index (χ0v) is 10.6. The third-order valence-electron chi connectivity index (χ3n) is 2.54. The molecule has 0 saturated carbocycles. The van der Waals surface area contributed by atoms with Gasteiger partial charge in [-0.15, -0.1) is 12.4 Å². The Hall–Kier alpha value is -0.830. The molecule has 1 aromatic heterocycles. The van der Waals surface area contributed by atoms with Gasteiger partial charge in [-0.25, -0.2) is 4.98 Å². The van der Waals surface area contributed by atoms with Crippen LogP contribution in [0.15, 0.2) is 30.3 Å². The molecule has 0 radical (unpaired) electrons. The number of benzene rings is 1. The maximum absolute atomic E-state index is 6.09. The van der Waals surface area contributed by atoms with E-state index in [9.17, 15) is 0 Å². The number of pyridine rings is 1. The second kappa shape index (κ2) is 5.48. The van der Waals surface area contributed by atoms with Gasteiger partial charge in [0.15, 0.2) is 0 Å². The number of hydrogen-bond donors (Lipinski definition) is 1. The predicted molar refractivity (Wildman–Crippen MR) is 71.2 cm³/mol. The molecule has 86 valence electrons. The highest BCUT2D eigenvalue weighted by atomic mass is 35.5. The fourth-order valence-electron chi connectivity index (χ4n) is 1.59. The molecule has 4 heteroatoms. The largest absolute Gasteiger partial charge is 0.324 e. The Morgan fingerprint density at radius 3 is 2.75 bits per heavy atom. The minimum Gasteiger partial charge on any atom is -0.324 e. The summed E-state index contributed by atoms with van der Waals surface area (Å²) >= 11 is 6.09. The Balaban J connectivity index is 0.00000128. The maximum Gasteiger partial charge on any atom is 0.134 e. The Morgan fingerprint density at radius 2 is 2.06 bits per heavy atom. The van der Waals surface area contributed by atoms with Crippen LogP contribution < -0.4 is 5.73 Å². The average Bonchev–Trinajstić information content (AvgIpc) is 2.27. The van der Waals surface area contributed by atoms with Crippen molar-refractivity contribution >= 4 is 34.9 Å². The fourth-order valence-corrected chi connectivity index (χ4v) is 1.87. The maximum atomic E-state index is 6.09. The molecule has 1 atom stereocenters. The van der Waals surface area contributed by atoms with Crippen molar-refractivity contribution in [1.29, 1.82) is 0 Å². The van der Waals surface area contributed by atoms with Crippen LogP contribution >= 0.6 is 24.0 Å². The Kier molecular flexibility index (Phi) is 4.54. The van der Waals surface area contributed by atoms with Crippen LogP contribution in [0.4, 0.5) is 0 Å². The lowest BCUT2D eigenvalue weighted by Crippen LogP contribution is -2.09. The summed E-state index contributed by atoms with van der Waals surface area (Å²) in [6.07, 6.45) is 0.861. The van der Waals surface area contributed by atoms with Crippen molar-refractivity contribution in [2.75, 3.05) is 0 Å². The average molecular weight is 257 g/mol. The molecule has 0 aliphatic heterocycles. The van der Waals surface area contributed by atoms with Gasteiger partial charge in [-0.2, -0.15) is 0 Å². The molecule has 1 aromatic carbocycles. The standard InChI is InChI=1S/C12H13ClN2.ClH/c1-2-10(14)9-7-8-5-3-4-6-11(8)15-12(9)13;/h3-7,10H,2,14H2,1H3;1H/t10-;/m1./s1. The minimum absolute atomic E-state index is 0. The number of para-hydroxylation sites is 1. The number of hydrogen-bond acceptors (Lipinski definition) is 2. The van der Waals surface area contributed by atoms with Crippen molar-refractivity contribution in [3.63, 3.8) is 0 Å². The Bertz CT molecular complexity index is 485. The lowest BCUT2D eigenvalue weighted by atomic mass is 10.1. The summed E-state index contributed by atoms with van der Waals surface area (Å²) in [5.41, 5.74) is 7.80. The van der Waals surface area contributed by atoms with Crippen LogP contribution in [0, 0.1) is 0 Å². The van der Waals surface area contributed by atoms with E-state index in [1.165, 1.54) is 0 Å². The normalized spacial score (nSPS) is 12.2. The molecule has 2 N–H and O–H groups in total. The van der Waals surface area contributed by atoms with Crippen molar-refractivity contribution in [2.24, 2.45) is 5.73 Å². The third kappa shape index (κ3) is 2.46. The zero-order valence-electron chi connectivity index (χ0n) is 8.98. The van der Waals surface area contributed by atoms with Crippen LogP contribution in [0.5, 0.6) is 0 Å². The van der Waals surface area contributed by atoms with E-state index in [0.29, 0.717) is 5.15 Å². The summed E-state index contributed by atoms with van der Waals surface area (Å²) in [6.45, 7) is 2.04. The van der Waals surface area contributed by atoms with Crippen LogP contribution in [-0.4, -0.2) is 4.98 Å². The summed E-state index contributed by atoms with van der Waals surface area (Å²) in [5, 5.41) is 1.60. The number of halogens is 2. The van der Waals surface area contributed by atoms with Gasteiger partial charge in [0, 0.05) is 17.0 Å². The van der Waals surface area contributed by atoms with E-state index >= 15 is 0 Å². The topological polar surface area (TPSA) is 38.9 Å². The summed E-state index contributed by atoms with van der Waals surface area (Å²) in [7, 11) is 0. The molecule has 0 spiro atoms. The molecule has 0 aliphatic carbocycles. The summed E-state index contributed by atoms with van der Waals surface area (Å²) in [6, 6.07) is 9.89. The van der Waals surface area contributed by atoms with E-state index in [0.717, 1.165) is 22.9 Å². The first-order valence-corrected chi connectivity index (χ1v) is 5.41. The monoisotopic (exact) mass is 256 g/mol. The quantitative estimate of drug-likeness (QED) is 0.833. The first-order chi connectivity index (χ1) is 7.22. The number of rotatable bonds is 2. The van der Waals surface area contributed by atoms with Crippen LogP contribution in [0.2, 0.25) is 5.15 Å². The van der Waals surface area contributed by atoms with E-state index in [1.807, 2.05) is 37.3 Å². The van der Waals surface area contributed by atoms with Gasteiger partial charge in [0.1, 0.15) is 5.15 Å². The van der Waals surface area contributed by atoms with E-state index in [1.54, 1.807) is 0 Å². The molecule has 0 bridgehead atoms. The minimum atomic E-state index is -0.0328. The zero-order chi connectivity index (χ0) is 10.8. The molecule has 2 rings (SSSR count). The molecule has 0 fully saturated rings. The summed E-state index contributed by atoms with van der Waals surface area (Å²) in [4.78, 5) is 4.33. The van der Waals surface area contributed by atoms with Crippen LogP contribution in [0.1, 0.15) is 24.9 Å². The van der Waals surface area contributed by atoms with Crippen molar-refractivity contribution in [2.45, 2.75) is 19.4 Å². The highest BCUT2D eigenvalue weighted by Crippen LogP contribution is 2.25. The highest BCUT2D eigenvalue weighted by Gasteiger charge is 2.10. The second-order valence-corrected chi connectivity index (χ2v) is 3.93. The van der Waals surface area contributed by atoms with Crippen molar-refractivity contribution in [3.8, 4) is 0 Å². The van der Waals surface area contributed by atoms with Crippen molar-refractivity contribution < 1.29 is 0 Å². The van der Waals surface area contributed by atoms with E-state index in [4.69, 9.17) is 17.3 Å². The number of nitrogens with two attached hydrogens (primary N) is 1. The van der Waals surface area contributed by atoms with E-state index < -0.39 is 0 Å². The molecule has 2 aromatic rings. The smallest absolute Gasteiger partial charge is 0.134 e. The molecule has 2 nitrogen and oxygen atoms in total. The van der Waals surface area contributed by atoms with Crippen molar-refractivity contribution in [1.82, 2.24) is 4.98 Å². The lowest BCUT2D eigenvalue weighted by Gasteiger charge is -2.11. The molecule has 16 heavy (non-hydrogen) atoms. The van der Waals surface area contributed by atoms with Gasteiger partial charge in [0.25, 0.3) is 0 Å². The SMILES string of the molecule is CC[C@@H](N)c1cc2ccccc2nc1Cl.Cl. The van der Waals surface area contributed by atoms with Gasteiger partial charge in [0.05, 0.1) is 5.52 Å². The van der Waals surface area contributed by atoms with E-state index in [-0.39, 0.29) is 18.4 Å². The first kappa shape index (κ1) is 13.2. The Labute approximate surface area is 106 Å². The molecule has 0 saturated heterocycles. The highest BCUT2D eigenvalue weighted by molar-refractivity contribution is 6.30. The van der Waals surface area contributed by atoms with Crippen LogP contribution in [0.3, 0.4) is 0 Å². The number of aromatic nitrogens is 1. The van der Waals surface area contributed by atoms with E-state index in [2.05, 4.69) is 4.98 Å². The van der Waals surface area contributed by atoms with Crippen LogP contribution in [-0.2, 0) is 0 Å². The van der Waals surface area contributed by atoms with Gasteiger partial charge in [-0.1, -0.05) is 36.7 Å². The fraction of sp³-hybridized carbons (Fsp3) is 0.250. The number of fused-ring (bicyclic) bond motifs is 1. The third-order valence-corrected chi connectivity index (χ3v) is 2.85.